The van der Waals surface area contributed by atoms with E-state index in [1.807, 2.05) is 37.3 Å². The summed E-state index contributed by atoms with van der Waals surface area (Å²) in [6.45, 7) is 5.49. The fourth-order valence-corrected chi connectivity index (χ4v) is 1.59. The number of hydrogen-bond donors (Lipinski definition) is 2. The van der Waals surface area contributed by atoms with Crippen LogP contribution < -0.4 is 10.6 Å². The van der Waals surface area contributed by atoms with E-state index in [4.69, 9.17) is 4.74 Å². The van der Waals surface area contributed by atoms with Gasteiger partial charge in [0.05, 0.1) is 12.6 Å². The summed E-state index contributed by atoms with van der Waals surface area (Å²) < 4.78 is 4.81. The summed E-state index contributed by atoms with van der Waals surface area (Å²) in [4.78, 5) is 23.1. The van der Waals surface area contributed by atoms with E-state index in [1.54, 1.807) is 13.8 Å². The average molecular weight is 264 g/mol. The highest BCUT2D eigenvalue weighted by atomic mass is 16.5. The summed E-state index contributed by atoms with van der Waals surface area (Å²) in [7, 11) is 0. The van der Waals surface area contributed by atoms with E-state index in [2.05, 4.69) is 10.6 Å². The lowest BCUT2D eigenvalue weighted by molar-refractivity contribution is -0.144. The average Bonchev–Trinajstić information content (AvgIpc) is 2.39. The molecule has 0 aromatic heterocycles. The van der Waals surface area contributed by atoms with Crippen LogP contribution in [0.3, 0.4) is 0 Å². The first kappa shape index (κ1) is 15.0. The first-order valence-electron chi connectivity index (χ1n) is 6.33. The van der Waals surface area contributed by atoms with Crippen molar-refractivity contribution >= 4 is 12.0 Å². The third-order valence-electron chi connectivity index (χ3n) is 2.63. The Balaban J connectivity index is 2.45. The minimum absolute atomic E-state index is 0.129. The Hall–Kier alpha value is -2.04. The number of carbonyl (C=O) groups is 2. The van der Waals surface area contributed by atoms with E-state index in [1.165, 1.54) is 0 Å². The van der Waals surface area contributed by atoms with Gasteiger partial charge < -0.3 is 15.4 Å². The van der Waals surface area contributed by atoms with E-state index in [9.17, 15) is 9.59 Å². The molecule has 0 unspecified atom stereocenters. The molecule has 104 valence electrons. The predicted molar refractivity (Wildman–Crippen MR) is 72.6 cm³/mol. The molecular weight excluding hydrogens is 244 g/mol. The fourth-order valence-electron chi connectivity index (χ4n) is 1.59. The molecule has 1 aromatic carbocycles. The van der Waals surface area contributed by atoms with Gasteiger partial charge in [-0.3, -0.25) is 0 Å². The summed E-state index contributed by atoms with van der Waals surface area (Å²) in [6, 6.07) is 8.41. The Morgan fingerprint density at radius 2 is 1.79 bits per heavy atom. The van der Waals surface area contributed by atoms with Crippen LogP contribution in [-0.2, 0) is 9.53 Å². The fraction of sp³-hybridized carbons (Fsp3) is 0.429. The van der Waals surface area contributed by atoms with Gasteiger partial charge in [-0.15, -0.1) is 0 Å². The molecule has 0 spiro atoms. The van der Waals surface area contributed by atoms with Crippen molar-refractivity contribution in [1.82, 2.24) is 10.6 Å². The van der Waals surface area contributed by atoms with Gasteiger partial charge in [0.2, 0.25) is 0 Å². The number of rotatable bonds is 5. The van der Waals surface area contributed by atoms with Crippen LogP contribution in [0.25, 0.3) is 0 Å². The van der Waals surface area contributed by atoms with Gasteiger partial charge in [-0.1, -0.05) is 30.3 Å². The van der Waals surface area contributed by atoms with Gasteiger partial charge in [0.25, 0.3) is 0 Å². The topological polar surface area (TPSA) is 67.4 Å². The summed E-state index contributed by atoms with van der Waals surface area (Å²) in [5.41, 5.74) is 1.00. The van der Waals surface area contributed by atoms with E-state index >= 15 is 0 Å². The van der Waals surface area contributed by atoms with Gasteiger partial charge >= 0.3 is 12.0 Å². The van der Waals surface area contributed by atoms with Crippen LogP contribution in [0, 0.1) is 0 Å². The highest BCUT2D eigenvalue weighted by Crippen LogP contribution is 2.10. The molecule has 0 fully saturated rings. The molecule has 1 aromatic rings. The largest absolute Gasteiger partial charge is 0.464 e. The van der Waals surface area contributed by atoms with Crippen molar-refractivity contribution in [2.24, 2.45) is 0 Å². The number of amides is 2. The van der Waals surface area contributed by atoms with E-state index < -0.39 is 18.0 Å². The van der Waals surface area contributed by atoms with Crippen LogP contribution in [0.15, 0.2) is 30.3 Å². The highest BCUT2D eigenvalue weighted by Gasteiger charge is 2.17. The van der Waals surface area contributed by atoms with Crippen LogP contribution >= 0.6 is 0 Å². The van der Waals surface area contributed by atoms with Crippen molar-refractivity contribution in [3.8, 4) is 0 Å². The van der Waals surface area contributed by atoms with Crippen molar-refractivity contribution in [3.05, 3.63) is 35.9 Å². The minimum atomic E-state index is -0.664. The summed E-state index contributed by atoms with van der Waals surface area (Å²) in [5, 5.41) is 5.31. The normalized spacial score (nSPS) is 13.2. The van der Waals surface area contributed by atoms with Gasteiger partial charge in [-0.25, -0.2) is 9.59 Å². The van der Waals surface area contributed by atoms with Crippen molar-refractivity contribution in [2.45, 2.75) is 32.9 Å². The Kier molecular flexibility index (Phi) is 5.85. The van der Waals surface area contributed by atoms with E-state index in [0.717, 1.165) is 5.56 Å². The van der Waals surface area contributed by atoms with Crippen LogP contribution in [0.4, 0.5) is 4.79 Å². The van der Waals surface area contributed by atoms with E-state index in [0.29, 0.717) is 6.61 Å². The molecule has 0 saturated carbocycles. The van der Waals surface area contributed by atoms with Crippen molar-refractivity contribution in [3.63, 3.8) is 0 Å². The number of nitrogens with one attached hydrogen (secondary N) is 2. The molecule has 0 aliphatic rings. The van der Waals surface area contributed by atoms with Crippen LogP contribution in [-0.4, -0.2) is 24.6 Å². The monoisotopic (exact) mass is 264 g/mol. The molecule has 0 heterocycles. The first-order valence-corrected chi connectivity index (χ1v) is 6.33. The van der Waals surface area contributed by atoms with Gasteiger partial charge in [0.15, 0.2) is 0 Å². The second kappa shape index (κ2) is 7.41. The maximum Gasteiger partial charge on any atom is 0.328 e. The zero-order chi connectivity index (χ0) is 14.3. The van der Waals surface area contributed by atoms with Gasteiger partial charge in [0, 0.05) is 0 Å². The summed E-state index contributed by atoms with van der Waals surface area (Å²) in [6.07, 6.45) is 0. The van der Waals surface area contributed by atoms with Crippen molar-refractivity contribution in [1.29, 1.82) is 0 Å². The molecule has 5 heteroatoms. The zero-order valence-corrected chi connectivity index (χ0v) is 11.5. The van der Waals surface area contributed by atoms with Gasteiger partial charge in [0.1, 0.15) is 6.04 Å². The van der Waals surface area contributed by atoms with E-state index in [-0.39, 0.29) is 6.04 Å². The third-order valence-corrected chi connectivity index (χ3v) is 2.63. The lowest BCUT2D eigenvalue weighted by Crippen LogP contribution is -2.45. The molecular formula is C14H20N2O3. The molecule has 2 N–H and O–H groups in total. The Morgan fingerprint density at radius 1 is 1.16 bits per heavy atom. The maximum atomic E-state index is 11.7. The summed E-state index contributed by atoms with van der Waals surface area (Å²) in [5.74, 6) is -0.440. The standard InChI is InChI=1S/C14H20N2O3/c1-4-19-13(17)11(3)16-14(18)15-10(2)12-8-6-5-7-9-12/h5-11H,4H2,1-3H3,(H2,15,16,18)/t10-,11-/m0/s1. The van der Waals surface area contributed by atoms with Gasteiger partial charge in [-0.05, 0) is 26.3 Å². The molecule has 0 aliphatic carbocycles. The first-order chi connectivity index (χ1) is 9.04. The number of carbonyl (C=O) groups excluding carboxylic acids is 2. The van der Waals surface area contributed by atoms with Crippen molar-refractivity contribution < 1.29 is 14.3 Å². The molecule has 2 amide bonds. The number of hydrogen-bond acceptors (Lipinski definition) is 3. The summed E-state index contributed by atoms with van der Waals surface area (Å²) >= 11 is 0. The molecule has 1 rings (SSSR count). The molecule has 0 saturated heterocycles. The molecule has 0 bridgehead atoms. The van der Waals surface area contributed by atoms with Crippen LogP contribution in [0.1, 0.15) is 32.4 Å². The second-order valence-corrected chi connectivity index (χ2v) is 4.22. The van der Waals surface area contributed by atoms with Crippen molar-refractivity contribution in [2.75, 3.05) is 6.61 Å². The second-order valence-electron chi connectivity index (χ2n) is 4.22. The minimum Gasteiger partial charge on any atom is -0.464 e. The SMILES string of the molecule is CCOC(=O)[C@H](C)NC(=O)N[C@@H](C)c1ccccc1. The Morgan fingerprint density at radius 3 is 2.37 bits per heavy atom. The molecule has 2 atom stereocenters. The van der Waals surface area contributed by atoms with Crippen LogP contribution in [0.2, 0.25) is 0 Å². The van der Waals surface area contributed by atoms with Gasteiger partial charge in [-0.2, -0.15) is 0 Å². The highest BCUT2D eigenvalue weighted by molar-refractivity contribution is 5.83. The van der Waals surface area contributed by atoms with Crippen LogP contribution in [0.5, 0.6) is 0 Å². The lowest BCUT2D eigenvalue weighted by Gasteiger charge is -2.17. The quantitative estimate of drug-likeness (QED) is 0.799. The smallest absolute Gasteiger partial charge is 0.328 e. The number of benzene rings is 1. The predicted octanol–water partition coefficient (Wildman–Crippen LogP) is 2.00. The molecule has 0 aliphatic heterocycles. The number of urea groups is 1. The maximum absolute atomic E-state index is 11.7. The number of ether oxygens (including phenoxy) is 1. The third kappa shape index (κ3) is 4.99. The molecule has 5 nitrogen and oxygen atoms in total. The Bertz CT molecular complexity index is 420. The Labute approximate surface area is 113 Å². The number of esters is 1. The molecule has 0 radical (unpaired) electrons. The lowest BCUT2D eigenvalue weighted by atomic mass is 10.1. The zero-order valence-electron chi connectivity index (χ0n) is 11.5. The molecule has 19 heavy (non-hydrogen) atoms.